The highest BCUT2D eigenvalue weighted by atomic mass is 35.5. The molecule has 2 aromatic carbocycles. The van der Waals surface area contributed by atoms with Crippen LogP contribution in [0, 0.1) is 11.6 Å². The first-order valence-corrected chi connectivity index (χ1v) is 8.47. The molecule has 0 saturated heterocycles. The molecule has 0 bridgehead atoms. The molecule has 3 rings (SSSR count). The Bertz CT molecular complexity index is 787. The minimum absolute atomic E-state index is 0.105. The average Bonchev–Trinajstić information content (AvgIpc) is 2.48. The van der Waals surface area contributed by atoms with Gasteiger partial charge in [-0.2, -0.15) is 0 Å². The standard InChI is InChI=1S/C18H16ClF2NS/c1-22(2)7-3-4-12-13-6-5-11(20)8-17(13)23-18-10-16(21)15(19)9-14(12)18/h4-6,8-10H,3,7H2,1-2H3/b12-4+. The fraction of sp³-hybridized carbons (Fsp3) is 0.222. The molecule has 0 aromatic heterocycles. The highest BCUT2D eigenvalue weighted by molar-refractivity contribution is 7.99. The highest BCUT2D eigenvalue weighted by Crippen LogP contribution is 2.47. The number of hydrogen-bond donors (Lipinski definition) is 0. The number of nitrogens with zero attached hydrogens (tertiary/aromatic N) is 1. The van der Waals surface area contributed by atoms with Crippen LogP contribution in [-0.4, -0.2) is 25.5 Å². The van der Waals surface area contributed by atoms with Gasteiger partial charge in [0, 0.05) is 16.3 Å². The summed E-state index contributed by atoms with van der Waals surface area (Å²) >= 11 is 7.34. The minimum atomic E-state index is -0.453. The van der Waals surface area contributed by atoms with Gasteiger partial charge >= 0.3 is 0 Å². The Balaban J connectivity index is 2.11. The molecular weight excluding hydrogens is 336 g/mol. The monoisotopic (exact) mass is 351 g/mol. The number of rotatable bonds is 3. The lowest BCUT2D eigenvalue weighted by Crippen LogP contribution is -2.12. The van der Waals surface area contributed by atoms with Crippen molar-refractivity contribution in [3.8, 4) is 0 Å². The first-order chi connectivity index (χ1) is 11.0. The Kier molecular flexibility index (Phi) is 4.76. The SMILES string of the molecule is CN(C)CC/C=C1\c2ccc(F)cc2Sc2cc(F)c(Cl)cc21. The molecule has 1 aliphatic rings. The molecule has 2 aromatic rings. The summed E-state index contributed by atoms with van der Waals surface area (Å²) in [5.74, 6) is -0.743. The van der Waals surface area contributed by atoms with Crippen molar-refractivity contribution in [1.29, 1.82) is 0 Å². The molecule has 0 aliphatic carbocycles. The lowest BCUT2D eigenvalue weighted by atomic mass is 9.96. The third-order valence-corrected chi connectivity index (χ3v) is 5.10. The van der Waals surface area contributed by atoms with E-state index in [4.69, 9.17) is 11.6 Å². The smallest absolute Gasteiger partial charge is 0.142 e. The van der Waals surface area contributed by atoms with Gasteiger partial charge in [0.25, 0.3) is 0 Å². The molecule has 5 heteroatoms. The Morgan fingerprint density at radius 2 is 1.83 bits per heavy atom. The van der Waals surface area contributed by atoms with Crippen molar-refractivity contribution in [3.05, 3.63) is 64.2 Å². The van der Waals surface area contributed by atoms with Crippen molar-refractivity contribution in [3.63, 3.8) is 0 Å². The van der Waals surface area contributed by atoms with Crippen LogP contribution in [0.25, 0.3) is 5.57 Å². The summed E-state index contributed by atoms with van der Waals surface area (Å²) in [6.45, 7) is 0.900. The molecule has 0 saturated carbocycles. The molecule has 0 fully saturated rings. The van der Waals surface area contributed by atoms with E-state index in [-0.39, 0.29) is 10.8 Å². The third kappa shape index (κ3) is 3.44. The van der Waals surface area contributed by atoms with Crippen molar-refractivity contribution in [2.45, 2.75) is 16.2 Å². The third-order valence-electron chi connectivity index (χ3n) is 3.69. The number of benzene rings is 2. The maximum absolute atomic E-state index is 13.8. The lowest BCUT2D eigenvalue weighted by Gasteiger charge is -2.23. The largest absolute Gasteiger partial charge is 0.309 e. The van der Waals surface area contributed by atoms with Crippen molar-refractivity contribution in [2.75, 3.05) is 20.6 Å². The molecular formula is C18H16ClF2NS. The molecule has 0 atom stereocenters. The Hall–Kier alpha value is -1.36. The molecule has 23 heavy (non-hydrogen) atoms. The van der Waals surface area contributed by atoms with E-state index in [0.717, 1.165) is 39.5 Å². The van der Waals surface area contributed by atoms with Crippen LogP contribution in [0.4, 0.5) is 8.78 Å². The summed E-state index contributed by atoms with van der Waals surface area (Å²) in [5.41, 5.74) is 2.85. The fourth-order valence-electron chi connectivity index (χ4n) is 2.58. The average molecular weight is 352 g/mol. The van der Waals surface area contributed by atoms with E-state index in [1.54, 1.807) is 12.1 Å². The van der Waals surface area contributed by atoms with Crippen molar-refractivity contribution >= 4 is 28.9 Å². The number of hydrogen-bond acceptors (Lipinski definition) is 2. The summed E-state index contributed by atoms with van der Waals surface area (Å²) in [5, 5.41) is 0.105. The molecule has 0 radical (unpaired) electrons. The molecule has 1 heterocycles. The lowest BCUT2D eigenvalue weighted by molar-refractivity contribution is 0.417. The van der Waals surface area contributed by atoms with E-state index in [9.17, 15) is 8.78 Å². The maximum atomic E-state index is 13.8. The maximum Gasteiger partial charge on any atom is 0.142 e. The Morgan fingerprint density at radius 3 is 2.57 bits per heavy atom. The van der Waals surface area contributed by atoms with E-state index < -0.39 is 5.82 Å². The summed E-state index contributed by atoms with van der Waals surface area (Å²) in [7, 11) is 4.03. The normalized spacial score (nSPS) is 15.0. The van der Waals surface area contributed by atoms with Gasteiger partial charge in [-0.05, 0) is 61.5 Å². The predicted molar refractivity (Wildman–Crippen MR) is 92.2 cm³/mol. The van der Waals surface area contributed by atoms with Crippen molar-refractivity contribution in [2.24, 2.45) is 0 Å². The number of halogens is 3. The Morgan fingerprint density at radius 1 is 1.09 bits per heavy atom. The zero-order valence-corrected chi connectivity index (χ0v) is 14.4. The first kappa shape index (κ1) is 16.5. The molecule has 0 unspecified atom stereocenters. The molecule has 1 nitrogen and oxygen atoms in total. The molecule has 1 aliphatic heterocycles. The summed E-state index contributed by atoms with van der Waals surface area (Å²) in [4.78, 5) is 3.66. The van der Waals surface area contributed by atoms with Gasteiger partial charge in [0.15, 0.2) is 0 Å². The van der Waals surface area contributed by atoms with E-state index >= 15 is 0 Å². The van der Waals surface area contributed by atoms with E-state index in [2.05, 4.69) is 11.0 Å². The predicted octanol–water partition coefficient (Wildman–Crippen LogP) is 5.47. The van der Waals surface area contributed by atoms with E-state index in [1.807, 2.05) is 14.1 Å². The van der Waals surface area contributed by atoms with Gasteiger partial charge in [-0.25, -0.2) is 8.78 Å². The zero-order chi connectivity index (χ0) is 16.6. The second kappa shape index (κ2) is 6.63. The molecule has 0 N–H and O–H groups in total. The fourth-order valence-corrected chi connectivity index (χ4v) is 3.88. The number of fused-ring (bicyclic) bond motifs is 2. The van der Waals surface area contributed by atoms with Crippen LogP contribution in [-0.2, 0) is 0 Å². The van der Waals surface area contributed by atoms with Gasteiger partial charge in [-0.1, -0.05) is 35.5 Å². The second-order valence-electron chi connectivity index (χ2n) is 5.71. The molecule has 120 valence electrons. The summed E-state index contributed by atoms with van der Waals surface area (Å²) < 4.78 is 27.4. The topological polar surface area (TPSA) is 3.24 Å². The van der Waals surface area contributed by atoms with Crippen molar-refractivity contribution in [1.82, 2.24) is 4.90 Å². The van der Waals surface area contributed by atoms with Gasteiger partial charge in [0.1, 0.15) is 11.6 Å². The molecule has 0 spiro atoms. The first-order valence-electron chi connectivity index (χ1n) is 7.28. The van der Waals surface area contributed by atoms with Crippen LogP contribution < -0.4 is 0 Å². The van der Waals surface area contributed by atoms with Gasteiger partial charge < -0.3 is 4.90 Å². The quantitative estimate of drug-likeness (QED) is 0.616. The zero-order valence-electron chi connectivity index (χ0n) is 12.9. The molecule has 0 amide bonds. The van der Waals surface area contributed by atoms with Crippen LogP contribution in [0.5, 0.6) is 0 Å². The van der Waals surface area contributed by atoms with Gasteiger partial charge in [-0.15, -0.1) is 0 Å². The summed E-state index contributed by atoms with van der Waals surface area (Å²) in [6, 6.07) is 7.81. The van der Waals surface area contributed by atoms with Gasteiger partial charge in [-0.3, -0.25) is 0 Å². The van der Waals surface area contributed by atoms with Crippen LogP contribution in [0.1, 0.15) is 17.5 Å². The van der Waals surface area contributed by atoms with Gasteiger partial charge in [0.05, 0.1) is 5.02 Å². The van der Waals surface area contributed by atoms with Crippen molar-refractivity contribution < 1.29 is 8.78 Å². The van der Waals surface area contributed by atoms with Crippen LogP contribution in [0.3, 0.4) is 0 Å². The Labute approximate surface area is 143 Å². The summed E-state index contributed by atoms with van der Waals surface area (Å²) in [6.07, 6.45) is 2.96. The minimum Gasteiger partial charge on any atom is -0.309 e. The van der Waals surface area contributed by atoms with E-state index in [1.165, 1.54) is 30.0 Å². The van der Waals surface area contributed by atoms with Crippen LogP contribution in [0.15, 0.2) is 46.2 Å². The van der Waals surface area contributed by atoms with Gasteiger partial charge in [0.2, 0.25) is 0 Å². The van der Waals surface area contributed by atoms with E-state index in [0.29, 0.717) is 0 Å². The highest BCUT2D eigenvalue weighted by Gasteiger charge is 2.23. The van der Waals surface area contributed by atoms with Crippen LogP contribution >= 0.6 is 23.4 Å². The van der Waals surface area contributed by atoms with Crippen LogP contribution in [0.2, 0.25) is 5.02 Å². The second-order valence-corrected chi connectivity index (χ2v) is 7.21.